The summed E-state index contributed by atoms with van der Waals surface area (Å²) in [6.07, 6.45) is 3.35. The van der Waals surface area contributed by atoms with E-state index in [0.29, 0.717) is 11.7 Å². The lowest BCUT2D eigenvalue weighted by atomic mass is 10.0. The van der Waals surface area contributed by atoms with Crippen LogP contribution in [0, 0.1) is 23.7 Å². The third-order valence-corrected chi connectivity index (χ3v) is 19.6. The van der Waals surface area contributed by atoms with E-state index in [0.717, 1.165) is 25.7 Å². The number of nitrogen functional groups attached to an aromatic ring is 1. The predicted molar refractivity (Wildman–Crippen MR) is 250 cm³/mol. The second-order valence-electron chi connectivity index (χ2n) is 15.6. The minimum absolute atomic E-state index is 0.0145. The van der Waals surface area contributed by atoms with E-state index in [4.69, 9.17) is 10.5 Å². The van der Waals surface area contributed by atoms with E-state index >= 15 is 0 Å². The molecular formula is C41H63BrF4N6O5S4. The Hall–Kier alpha value is -1.90. The van der Waals surface area contributed by atoms with Crippen molar-refractivity contribution in [3.63, 3.8) is 0 Å². The number of hydrogen-bond donors (Lipinski definition) is 2. The van der Waals surface area contributed by atoms with Crippen LogP contribution in [-0.4, -0.2) is 86.3 Å². The first-order chi connectivity index (χ1) is 28.7. The van der Waals surface area contributed by atoms with Gasteiger partial charge in [-0.3, -0.25) is 18.7 Å². The fourth-order valence-electron chi connectivity index (χ4n) is 7.41. The molecule has 4 aliphatic rings. The number of aromatic nitrogens is 4. The van der Waals surface area contributed by atoms with E-state index in [1.807, 2.05) is 48.5 Å². The summed E-state index contributed by atoms with van der Waals surface area (Å²) >= 11 is 9.46. The van der Waals surface area contributed by atoms with Crippen LogP contribution in [0.3, 0.4) is 0 Å². The van der Waals surface area contributed by atoms with Crippen LogP contribution >= 0.6 is 63.0 Å². The van der Waals surface area contributed by atoms with E-state index in [1.54, 1.807) is 18.7 Å². The monoisotopic (exact) mass is 1000 g/mol. The van der Waals surface area contributed by atoms with Crippen molar-refractivity contribution in [1.82, 2.24) is 19.1 Å². The van der Waals surface area contributed by atoms with Gasteiger partial charge in [0.1, 0.15) is 40.9 Å². The van der Waals surface area contributed by atoms with Gasteiger partial charge in [-0.15, -0.1) is 47.0 Å². The molecule has 61 heavy (non-hydrogen) atoms. The molecule has 1 amide bonds. The number of anilines is 2. The van der Waals surface area contributed by atoms with Crippen molar-refractivity contribution in [2.45, 2.75) is 167 Å². The Labute approximate surface area is 382 Å². The number of esters is 1. The third-order valence-electron chi connectivity index (χ3n) is 11.4. The van der Waals surface area contributed by atoms with E-state index in [2.05, 4.69) is 38.1 Å². The fourth-order valence-corrected chi connectivity index (χ4v) is 14.8. The molecule has 6 rings (SSSR count). The lowest BCUT2D eigenvalue weighted by Gasteiger charge is -2.16. The van der Waals surface area contributed by atoms with Crippen LogP contribution in [0.1, 0.15) is 112 Å². The van der Waals surface area contributed by atoms with Crippen molar-refractivity contribution in [3.05, 3.63) is 45.5 Å². The van der Waals surface area contributed by atoms with Crippen LogP contribution < -0.4 is 22.4 Å². The highest BCUT2D eigenvalue weighted by molar-refractivity contribution is 9.11. The van der Waals surface area contributed by atoms with Gasteiger partial charge < -0.3 is 15.8 Å². The van der Waals surface area contributed by atoms with Gasteiger partial charge in [0.2, 0.25) is 5.91 Å². The van der Waals surface area contributed by atoms with Gasteiger partial charge in [0.05, 0.1) is 4.16 Å². The lowest BCUT2D eigenvalue weighted by molar-refractivity contribution is -0.144. The summed E-state index contributed by atoms with van der Waals surface area (Å²) in [7, 11) is 0. The second-order valence-corrected chi connectivity index (χ2v) is 22.6. The average molecular weight is 1000 g/mol. The SMILES string of the molecule is CCC(=O)Nc1ccn([C@@H]2S[C@H](CC)[C@@H](C)[C@@H]2F)c(=O)n1.CC[C@H]1SC(Br)[C@@H](F)[C@@H]1C.CC[C@H]1SC(OC(C)=O)[C@@H](F)[C@@H]1C.CC[C@H]1S[C@@H](n2ccc(N)nc2=O)[C@@H](F)[C@@H]1C. The van der Waals surface area contributed by atoms with Crippen molar-refractivity contribution in [2.24, 2.45) is 23.7 Å². The van der Waals surface area contributed by atoms with Crippen LogP contribution in [0.4, 0.5) is 29.2 Å². The van der Waals surface area contributed by atoms with Gasteiger partial charge in [-0.05, 0) is 37.8 Å². The van der Waals surface area contributed by atoms with Crippen LogP contribution in [0.5, 0.6) is 0 Å². The number of nitrogens with one attached hydrogen (secondary N) is 1. The Kier molecular flexibility index (Phi) is 21.9. The molecule has 6 heterocycles. The topological polar surface area (TPSA) is 151 Å². The molecule has 16 atom stereocenters. The third kappa shape index (κ3) is 14.0. The number of amides is 1. The standard InChI is InChI=1S/C14H20FN3O2S.C11H16FN3OS.C9H15FO2S.C7H12BrFS/c1-4-9-8(3)12(15)13(21-9)18-7-6-10(17-14(18)20)16-11(19)5-2;1-3-7-6(2)9(12)10(17-7)15-5-4-8(13)14-11(15)16;1-4-7-5(2)8(10)9(13-7)12-6(3)11;1-3-5-4(2)6(9)7(8)10-5/h6-9,12-13H,4-5H2,1-3H3,(H,16,17,19,20);4-7,9-10H,3H2,1-2H3,(H2,13,14,16);5,7-9H,4H2,1-3H3;4-7H,3H2,1-2H3/t8-,9-,12+,13-;6-,7-,9+,10-;5-,7-,8+,9?;4-,5-,6+,7?/m1111/s1. The molecule has 11 nitrogen and oxygen atoms in total. The number of ether oxygens (including phenoxy) is 1. The summed E-state index contributed by atoms with van der Waals surface area (Å²) in [4.78, 5) is 53.1. The Morgan fingerprint density at radius 1 is 0.705 bits per heavy atom. The fraction of sp³-hybridized carbons (Fsp3) is 0.756. The molecule has 346 valence electrons. The Morgan fingerprint density at radius 2 is 1.13 bits per heavy atom. The summed E-state index contributed by atoms with van der Waals surface area (Å²) in [6, 6.07) is 3.06. The van der Waals surface area contributed by atoms with Crippen molar-refractivity contribution >= 4 is 86.5 Å². The van der Waals surface area contributed by atoms with E-state index in [-0.39, 0.29) is 61.1 Å². The molecule has 4 fully saturated rings. The number of rotatable bonds is 9. The second kappa shape index (κ2) is 25.0. The molecule has 2 aromatic rings. The summed E-state index contributed by atoms with van der Waals surface area (Å²) in [5.41, 5.74) is 3.82. The minimum atomic E-state index is -1.07. The molecular weight excluding hydrogens is 941 g/mol. The van der Waals surface area contributed by atoms with Crippen molar-refractivity contribution < 1.29 is 31.9 Å². The summed E-state index contributed by atoms with van der Waals surface area (Å²) < 4.78 is 62.7. The zero-order valence-corrected chi connectivity index (χ0v) is 41.4. The molecule has 0 radical (unpaired) electrons. The first-order valence-electron chi connectivity index (χ1n) is 21.0. The van der Waals surface area contributed by atoms with E-state index < -0.39 is 58.2 Å². The molecule has 0 aromatic carbocycles. The Bertz CT molecular complexity index is 1840. The lowest BCUT2D eigenvalue weighted by Crippen LogP contribution is -2.30. The van der Waals surface area contributed by atoms with Gasteiger partial charge in [0, 0.05) is 70.4 Å². The highest BCUT2D eigenvalue weighted by Crippen LogP contribution is 2.49. The molecule has 0 aliphatic carbocycles. The smallest absolute Gasteiger partial charge is 0.350 e. The number of hydrogen-bond acceptors (Lipinski definition) is 12. The van der Waals surface area contributed by atoms with Crippen molar-refractivity contribution in [2.75, 3.05) is 11.1 Å². The first-order valence-corrected chi connectivity index (χ1v) is 25.7. The maximum Gasteiger partial charge on any atom is 0.350 e. The van der Waals surface area contributed by atoms with Gasteiger partial charge in [-0.2, -0.15) is 9.97 Å². The van der Waals surface area contributed by atoms with E-state index in [9.17, 15) is 36.7 Å². The number of carbonyl (C=O) groups is 2. The maximum absolute atomic E-state index is 14.4. The van der Waals surface area contributed by atoms with E-state index in [1.165, 1.54) is 75.9 Å². The van der Waals surface area contributed by atoms with Crippen molar-refractivity contribution in [3.8, 4) is 0 Å². The number of thioether (sulfide) groups is 4. The molecule has 20 heteroatoms. The molecule has 4 saturated heterocycles. The van der Waals surface area contributed by atoms with Gasteiger partial charge in [-0.25, -0.2) is 27.2 Å². The maximum atomic E-state index is 14.4. The van der Waals surface area contributed by atoms with Gasteiger partial charge in [-0.1, -0.05) is 78.2 Å². The predicted octanol–water partition coefficient (Wildman–Crippen LogP) is 10.00. The molecule has 0 bridgehead atoms. The molecule has 4 aliphatic heterocycles. The number of halogens is 5. The van der Waals surface area contributed by atoms with Crippen LogP contribution in [0.25, 0.3) is 0 Å². The Morgan fingerprint density at radius 3 is 1.49 bits per heavy atom. The largest absolute Gasteiger partial charge is 0.448 e. The summed E-state index contributed by atoms with van der Waals surface area (Å²) in [5, 5.41) is 2.75. The summed E-state index contributed by atoms with van der Waals surface area (Å²) in [6.45, 7) is 18.9. The Balaban J connectivity index is 0.000000225. The number of alkyl halides is 5. The normalized spacial score (nSPS) is 35.2. The van der Waals surface area contributed by atoms with Gasteiger partial charge in [0.25, 0.3) is 0 Å². The average Bonchev–Trinajstić information content (AvgIpc) is 3.87. The number of nitrogens with zero attached hydrogens (tertiary/aromatic N) is 4. The van der Waals surface area contributed by atoms with Crippen LogP contribution in [0.2, 0.25) is 0 Å². The van der Waals surface area contributed by atoms with Crippen molar-refractivity contribution in [1.29, 1.82) is 0 Å². The summed E-state index contributed by atoms with van der Waals surface area (Å²) in [5.74, 6) is -0.150. The number of carbonyl (C=O) groups excluding carboxylic acids is 2. The highest BCUT2D eigenvalue weighted by atomic mass is 79.9. The number of nitrogens with two attached hydrogens (primary N) is 1. The zero-order chi connectivity index (χ0) is 45.9. The molecule has 3 N–H and O–H groups in total. The van der Waals surface area contributed by atoms with Crippen LogP contribution in [0.15, 0.2) is 34.1 Å². The zero-order valence-electron chi connectivity index (χ0n) is 36.5. The van der Waals surface area contributed by atoms with Gasteiger partial charge >= 0.3 is 17.3 Å². The molecule has 0 spiro atoms. The quantitative estimate of drug-likeness (QED) is 0.140. The highest BCUT2D eigenvalue weighted by Gasteiger charge is 2.45. The molecule has 2 aromatic heterocycles. The molecule has 0 saturated carbocycles. The first kappa shape index (κ1) is 53.4. The van der Waals surface area contributed by atoms with Crippen LogP contribution in [-0.2, 0) is 14.3 Å². The van der Waals surface area contributed by atoms with Gasteiger partial charge in [0.15, 0.2) is 11.6 Å². The minimum Gasteiger partial charge on any atom is -0.448 e. The molecule has 2 unspecified atom stereocenters.